The van der Waals surface area contributed by atoms with E-state index in [0.29, 0.717) is 5.92 Å². The molecule has 1 unspecified atom stereocenters. The van der Waals surface area contributed by atoms with Crippen LogP contribution in [-0.4, -0.2) is 63.2 Å². The van der Waals surface area contributed by atoms with Crippen LogP contribution in [0.15, 0.2) is 12.4 Å². The minimum Gasteiger partial charge on any atom is -0.387 e. The second kappa shape index (κ2) is 8.32. The topological polar surface area (TPSA) is 52.5 Å². The highest BCUT2D eigenvalue weighted by atomic mass is 16.3. The summed E-state index contributed by atoms with van der Waals surface area (Å²) < 4.78 is 0. The minimum atomic E-state index is -0.541. The largest absolute Gasteiger partial charge is 0.387 e. The van der Waals surface area contributed by atoms with Gasteiger partial charge < -0.3 is 10.0 Å². The summed E-state index contributed by atoms with van der Waals surface area (Å²) in [5.74, 6) is 1.61. The van der Waals surface area contributed by atoms with Crippen molar-refractivity contribution in [2.75, 3.05) is 32.7 Å². The number of hydrogen-bond donors (Lipinski definition) is 1. The Hall–Kier alpha value is -1.04. The first-order valence-corrected chi connectivity index (χ1v) is 10.7. The number of likely N-dealkylation sites (tertiary alicyclic amines) is 2. The van der Waals surface area contributed by atoms with Crippen LogP contribution >= 0.6 is 0 Å². The Kier molecular flexibility index (Phi) is 5.87. The molecule has 1 aromatic heterocycles. The van der Waals surface area contributed by atoms with Gasteiger partial charge in [-0.15, -0.1) is 0 Å². The van der Waals surface area contributed by atoms with Crippen LogP contribution in [0.1, 0.15) is 75.1 Å². The van der Waals surface area contributed by atoms with Crippen LogP contribution in [0.5, 0.6) is 0 Å². The number of aliphatic hydroxyl groups is 1. The van der Waals surface area contributed by atoms with Crippen molar-refractivity contribution in [2.45, 2.75) is 75.9 Å². The summed E-state index contributed by atoms with van der Waals surface area (Å²) in [4.78, 5) is 14.1. The third kappa shape index (κ3) is 4.62. The van der Waals surface area contributed by atoms with E-state index in [0.717, 1.165) is 51.5 Å². The molecule has 26 heavy (non-hydrogen) atoms. The molecule has 0 radical (unpaired) electrons. The van der Waals surface area contributed by atoms with E-state index in [1.165, 1.54) is 56.9 Å². The predicted molar refractivity (Wildman–Crippen MR) is 103 cm³/mol. The lowest BCUT2D eigenvalue weighted by Gasteiger charge is -2.33. The highest BCUT2D eigenvalue weighted by Crippen LogP contribution is 2.30. The molecule has 5 heteroatoms. The van der Waals surface area contributed by atoms with Gasteiger partial charge in [-0.05, 0) is 45.2 Å². The molecule has 3 heterocycles. The Labute approximate surface area is 157 Å². The van der Waals surface area contributed by atoms with E-state index in [1.807, 2.05) is 12.4 Å². The maximum absolute atomic E-state index is 11.0. The van der Waals surface area contributed by atoms with E-state index in [4.69, 9.17) is 0 Å². The molecule has 5 nitrogen and oxygen atoms in total. The van der Waals surface area contributed by atoms with Crippen molar-refractivity contribution < 1.29 is 5.11 Å². The third-order valence-electron chi connectivity index (χ3n) is 6.48. The summed E-state index contributed by atoms with van der Waals surface area (Å²) in [5, 5.41) is 11.0. The van der Waals surface area contributed by atoms with Gasteiger partial charge in [-0.3, -0.25) is 4.90 Å². The van der Waals surface area contributed by atoms with Gasteiger partial charge in [-0.2, -0.15) is 0 Å². The zero-order valence-electron chi connectivity index (χ0n) is 16.1. The first kappa shape index (κ1) is 18.3. The van der Waals surface area contributed by atoms with Gasteiger partial charge in [0.25, 0.3) is 0 Å². The molecular weight excluding hydrogens is 324 g/mol. The van der Waals surface area contributed by atoms with Crippen molar-refractivity contribution in [2.24, 2.45) is 0 Å². The van der Waals surface area contributed by atoms with Crippen molar-refractivity contribution in [3.63, 3.8) is 0 Å². The SMILES string of the molecule is OC1(CN2CCCCC2)CCN(Cc2cnc(C3CCCCC3)nc2)C1. The molecule has 0 spiro atoms. The van der Waals surface area contributed by atoms with Crippen LogP contribution < -0.4 is 0 Å². The summed E-state index contributed by atoms with van der Waals surface area (Å²) in [6, 6.07) is 0. The Morgan fingerprint density at radius 3 is 2.35 bits per heavy atom. The highest BCUT2D eigenvalue weighted by molar-refractivity contribution is 5.09. The lowest BCUT2D eigenvalue weighted by molar-refractivity contribution is 0.00633. The maximum Gasteiger partial charge on any atom is 0.131 e. The molecule has 1 N–H and O–H groups in total. The Balaban J connectivity index is 1.29. The normalized spacial score (nSPS) is 29.3. The number of rotatable bonds is 5. The molecule has 3 aliphatic rings. The number of nitrogens with zero attached hydrogens (tertiary/aromatic N) is 4. The van der Waals surface area contributed by atoms with Gasteiger partial charge in [0.1, 0.15) is 5.82 Å². The molecule has 0 amide bonds. The summed E-state index contributed by atoms with van der Waals surface area (Å²) in [5.41, 5.74) is 0.632. The van der Waals surface area contributed by atoms with Crippen molar-refractivity contribution in [3.8, 4) is 0 Å². The second-order valence-electron chi connectivity index (χ2n) is 8.81. The zero-order valence-corrected chi connectivity index (χ0v) is 16.1. The fourth-order valence-electron chi connectivity index (χ4n) is 5.01. The van der Waals surface area contributed by atoms with Crippen molar-refractivity contribution in [1.82, 2.24) is 19.8 Å². The molecule has 3 fully saturated rings. The molecule has 144 valence electrons. The highest BCUT2D eigenvalue weighted by Gasteiger charge is 2.37. The maximum atomic E-state index is 11.0. The summed E-state index contributed by atoms with van der Waals surface area (Å²) in [6.45, 7) is 5.73. The predicted octanol–water partition coefficient (Wildman–Crippen LogP) is 2.95. The van der Waals surface area contributed by atoms with Gasteiger partial charge in [0.15, 0.2) is 0 Å². The Morgan fingerprint density at radius 2 is 1.62 bits per heavy atom. The Bertz CT molecular complexity index is 566. The molecule has 2 saturated heterocycles. The molecule has 0 aromatic carbocycles. The third-order valence-corrected chi connectivity index (χ3v) is 6.48. The molecule has 1 saturated carbocycles. The van der Waals surface area contributed by atoms with Gasteiger partial charge in [0, 0.05) is 50.1 Å². The Morgan fingerprint density at radius 1 is 0.923 bits per heavy atom. The van der Waals surface area contributed by atoms with Gasteiger partial charge in [0.2, 0.25) is 0 Å². The van der Waals surface area contributed by atoms with Gasteiger partial charge >= 0.3 is 0 Å². The molecular formula is C21H34N4O. The van der Waals surface area contributed by atoms with Crippen molar-refractivity contribution in [3.05, 3.63) is 23.8 Å². The fraction of sp³-hybridized carbons (Fsp3) is 0.810. The average Bonchev–Trinajstić information content (AvgIpc) is 3.04. The van der Waals surface area contributed by atoms with Gasteiger partial charge in [-0.25, -0.2) is 9.97 Å². The van der Waals surface area contributed by atoms with Crippen LogP contribution in [0.4, 0.5) is 0 Å². The monoisotopic (exact) mass is 358 g/mol. The number of aromatic nitrogens is 2. The molecule has 0 bridgehead atoms. The van der Waals surface area contributed by atoms with E-state index in [-0.39, 0.29) is 0 Å². The zero-order chi connectivity index (χ0) is 17.8. The van der Waals surface area contributed by atoms with E-state index in [1.54, 1.807) is 0 Å². The van der Waals surface area contributed by atoms with Crippen LogP contribution in [0.3, 0.4) is 0 Å². The van der Waals surface area contributed by atoms with Crippen LogP contribution in [0.2, 0.25) is 0 Å². The van der Waals surface area contributed by atoms with Crippen LogP contribution in [0, 0.1) is 0 Å². The fourth-order valence-corrected chi connectivity index (χ4v) is 5.01. The number of hydrogen-bond acceptors (Lipinski definition) is 5. The van der Waals surface area contributed by atoms with Crippen molar-refractivity contribution in [1.29, 1.82) is 0 Å². The van der Waals surface area contributed by atoms with Gasteiger partial charge in [-0.1, -0.05) is 25.7 Å². The molecule has 2 aliphatic heterocycles. The number of β-amino-alcohol motifs (C(OH)–C–C–N with tert-alkyl or cyclic N) is 1. The van der Waals surface area contributed by atoms with E-state index >= 15 is 0 Å². The second-order valence-corrected chi connectivity index (χ2v) is 8.81. The van der Waals surface area contributed by atoms with Crippen LogP contribution in [0.25, 0.3) is 0 Å². The first-order valence-electron chi connectivity index (χ1n) is 10.7. The smallest absolute Gasteiger partial charge is 0.131 e. The first-order chi connectivity index (χ1) is 12.7. The van der Waals surface area contributed by atoms with E-state index < -0.39 is 5.60 Å². The van der Waals surface area contributed by atoms with Gasteiger partial charge in [0.05, 0.1) is 5.60 Å². The lowest BCUT2D eigenvalue weighted by atomic mass is 9.89. The summed E-state index contributed by atoms with van der Waals surface area (Å²) >= 11 is 0. The standard InChI is InChI=1S/C21H34N4O/c26-21(16-24-10-5-2-6-11-24)9-12-25(17-21)15-18-13-22-20(23-14-18)19-7-3-1-4-8-19/h13-14,19,26H,1-12,15-17H2. The van der Waals surface area contributed by atoms with E-state index in [9.17, 15) is 5.11 Å². The summed E-state index contributed by atoms with van der Waals surface area (Å²) in [7, 11) is 0. The van der Waals surface area contributed by atoms with Crippen LogP contribution in [-0.2, 0) is 6.54 Å². The minimum absolute atomic E-state index is 0.541. The number of piperidine rings is 1. The molecule has 1 aliphatic carbocycles. The lowest BCUT2D eigenvalue weighted by Crippen LogP contribution is -2.46. The molecule has 4 rings (SSSR count). The molecule has 1 atom stereocenters. The summed E-state index contributed by atoms with van der Waals surface area (Å²) in [6.07, 6.45) is 15.3. The van der Waals surface area contributed by atoms with E-state index in [2.05, 4.69) is 19.8 Å². The van der Waals surface area contributed by atoms with Crippen molar-refractivity contribution >= 4 is 0 Å². The molecule has 1 aromatic rings. The quantitative estimate of drug-likeness (QED) is 0.877. The average molecular weight is 359 g/mol.